The lowest BCUT2D eigenvalue weighted by Crippen LogP contribution is -2.07. The third-order valence-electron chi connectivity index (χ3n) is 4.29. The number of halogens is 2. The van der Waals surface area contributed by atoms with Crippen LogP contribution >= 0.6 is 34.3 Å². The van der Waals surface area contributed by atoms with Gasteiger partial charge >= 0.3 is 5.97 Å². The van der Waals surface area contributed by atoms with Gasteiger partial charge in [-0.25, -0.2) is 14.2 Å². The molecule has 0 bridgehead atoms. The van der Waals surface area contributed by atoms with Crippen LogP contribution in [0.5, 0.6) is 0 Å². The monoisotopic (exact) mass is 431 g/mol. The van der Waals surface area contributed by atoms with Crippen molar-refractivity contribution in [1.29, 1.82) is 0 Å². The van der Waals surface area contributed by atoms with Crippen LogP contribution in [0.4, 0.5) is 4.39 Å². The first-order valence-corrected chi connectivity index (χ1v) is 10.2. The molecule has 0 aliphatic rings. The minimum atomic E-state index is -1.16. The molecule has 4 aromatic rings. The molecule has 1 N–H and O–H groups in total. The fraction of sp³-hybridized carbons (Fsp3) is 0.0500. The molecule has 0 unspecified atom stereocenters. The Labute approximate surface area is 171 Å². The Balaban J connectivity index is 1.69. The molecule has 4 nitrogen and oxygen atoms in total. The Hall–Kier alpha value is -2.61. The van der Waals surface area contributed by atoms with Crippen molar-refractivity contribution in [1.82, 2.24) is 4.98 Å². The number of aromatic carboxylic acids is 1. The van der Waals surface area contributed by atoms with E-state index in [4.69, 9.17) is 11.6 Å². The number of carbonyl (C=O) groups excluding carboxylic acids is 1. The van der Waals surface area contributed by atoms with E-state index in [1.54, 1.807) is 29.1 Å². The molecule has 28 heavy (non-hydrogen) atoms. The number of thiophene rings is 1. The molecule has 2 heterocycles. The zero-order valence-electron chi connectivity index (χ0n) is 14.1. The number of hydrogen-bond acceptors (Lipinski definition) is 5. The largest absolute Gasteiger partial charge is 0.478 e. The highest BCUT2D eigenvalue weighted by molar-refractivity contribution is 7.16. The maximum Gasteiger partial charge on any atom is 0.337 e. The summed E-state index contributed by atoms with van der Waals surface area (Å²) in [5, 5.41) is 11.3. The van der Waals surface area contributed by atoms with Crippen LogP contribution in [0.1, 0.15) is 25.6 Å². The molecule has 0 spiro atoms. The number of rotatable bonds is 5. The first-order valence-electron chi connectivity index (χ1n) is 8.09. The van der Waals surface area contributed by atoms with Crippen molar-refractivity contribution in [2.24, 2.45) is 0 Å². The third-order valence-corrected chi connectivity index (χ3v) is 6.39. The van der Waals surface area contributed by atoms with Crippen LogP contribution in [0.25, 0.3) is 21.3 Å². The zero-order chi connectivity index (χ0) is 19.8. The van der Waals surface area contributed by atoms with Gasteiger partial charge < -0.3 is 5.11 Å². The molecule has 0 saturated carbocycles. The molecular formula is C20H11ClFNO3S2. The highest BCUT2D eigenvalue weighted by Crippen LogP contribution is 2.34. The summed E-state index contributed by atoms with van der Waals surface area (Å²) in [7, 11) is 0. The summed E-state index contributed by atoms with van der Waals surface area (Å²) in [4.78, 5) is 29.2. The summed E-state index contributed by atoms with van der Waals surface area (Å²) >= 11 is 8.36. The van der Waals surface area contributed by atoms with Gasteiger partial charge in [0.25, 0.3) is 0 Å². The van der Waals surface area contributed by atoms with E-state index in [1.807, 2.05) is 6.07 Å². The van der Waals surface area contributed by atoms with E-state index < -0.39 is 11.8 Å². The second kappa shape index (κ2) is 7.43. The van der Waals surface area contributed by atoms with Crippen molar-refractivity contribution >= 4 is 56.2 Å². The number of aromatic nitrogens is 1. The Morgan fingerprint density at radius 3 is 2.71 bits per heavy atom. The maximum absolute atomic E-state index is 13.8. The van der Waals surface area contributed by atoms with E-state index in [2.05, 4.69) is 4.98 Å². The first-order chi connectivity index (χ1) is 13.4. The average molecular weight is 432 g/mol. The summed E-state index contributed by atoms with van der Waals surface area (Å²) in [6.45, 7) is 0. The Bertz CT molecular complexity index is 1230. The predicted molar refractivity (Wildman–Crippen MR) is 109 cm³/mol. The molecule has 0 aliphatic carbocycles. The number of ketones is 1. The number of Topliss-reactive ketones (excluding diaryl/α,β-unsaturated/α-hetero) is 1. The van der Waals surface area contributed by atoms with E-state index in [0.717, 1.165) is 10.2 Å². The quantitative estimate of drug-likeness (QED) is 0.397. The van der Waals surface area contributed by atoms with Crippen molar-refractivity contribution < 1.29 is 19.1 Å². The van der Waals surface area contributed by atoms with Crippen molar-refractivity contribution in [3.8, 4) is 11.1 Å². The predicted octanol–water partition coefficient (Wildman–Crippen LogP) is 5.94. The molecule has 0 amide bonds. The van der Waals surface area contributed by atoms with Gasteiger partial charge in [-0.15, -0.1) is 22.7 Å². The number of fused-ring (bicyclic) bond motifs is 1. The lowest BCUT2D eigenvalue weighted by Gasteiger charge is -2.05. The number of nitrogens with zero attached hydrogens (tertiary/aromatic N) is 1. The Morgan fingerprint density at radius 2 is 1.96 bits per heavy atom. The number of thiazole rings is 1. The van der Waals surface area contributed by atoms with E-state index in [0.29, 0.717) is 21.6 Å². The van der Waals surface area contributed by atoms with E-state index in [1.165, 1.54) is 34.8 Å². The zero-order valence-corrected chi connectivity index (χ0v) is 16.5. The first kappa shape index (κ1) is 18.7. The molecular weight excluding hydrogens is 421 g/mol. The van der Waals surface area contributed by atoms with Crippen molar-refractivity contribution in [3.63, 3.8) is 0 Å². The second-order valence-corrected chi connectivity index (χ2v) is 8.27. The number of benzene rings is 2. The van der Waals surface area contributed by atoms with Gasteiger partial charge in [-0.1, -0.05) is 17.7 Å². The van der Waals surface area contributed by atoms with Crippen molar-refractivity contribution in [2.45, 2.75) is 6.42 Å². The lowest BCUT2D eigenvalue weighted by molar-refractivity contribution is 0.0697. The summed E-state index contributed by atoms with van der Waals surface area (Å²) in [5.74, 6) is -1.99. The fourth-order valence-electron chi connectivity index (χ4n) is 2.92. The molecule has 0 atom stereocenters. The topological polar surface area (TPSA) is 67.3 Å². The van der Waals surface area contributed by atoms with Crippen LogP contribution in [0.2, 0.25) is 5.02 Å². The number of carboxylic acid groups (broad SMARTS) is 1. The summed E-state index contributed by atoms with van der Waals surface area (Å²) in [5.41, 5.74) is 3.69. The molecule has 4 rings (SSSR count). The Kier molecular flexibility index (Phi) is 4.97. The molecule has 140 valence electrons. The third kappa shape index (κ3) is 3.44. The van der Waals surface area contributed by atoms with Gasteiger partial charge in [0.2, 0.25) is 0 Å². The lowest BCUT2D eigenvalue weighted by atomic mass is 9.99. The van der Waals surface area contributed by atoms with Crippen LogP contribution in [0, 0.1) is 5.82 Å². The van der Waals surface area contributed by atoms with Gasteiger partial charge in [-0.05, 0) is 41.3 Å². The molecule has 0 aliphatic heterocycles. The van der Waals surface area contributed by atoms with Gasteiger partial charge in [0.15, 0.2) is 5.78 Å². The summed E-state index contributed by atoms with van der Waals surface area (Å²) in [6.07, 6.45) is -0.0575. The van der Waals surface area contributed by atoms with E-state index in [9.17, 15) is 19.1 Å². The van der Waals surface area contributed by atoms with Gasteiger partial charge in [-0.3, -0.25) is 4.79 Å². The molecule has 0 fully saturated rings. The highest BCUT2D eigenvalue weighted by Gasteiger charge is 2.22. The maximum atomic E-state index is 13.8. The molecule has 2 aromatic carbocycles. The normalized spacial score (nSPS) is 11.1. The van der Waals surface area contributed by atoms with Crippen molar-refractivity contribution in [2.75, 3.05) is 0 Å². The smallest absolute Gasteiger partial charge is 0.337 e. The van der Waals surface area contributed by atoms with E-state index >= 15 is 0 Å². The molecule has 8 heteroatoms. The van der Waals surface area contributed by atoms with E-state index in [-0.39, 0.29) is 22.8 Å². The molecule has 2 aromatic heterocycles. The number of carboxylic acids is 1. The number of hydrogen-bond donors (Lipinski definition) is 1. The minimum Gasteiger partial charge on any atom is -0.478 e. The van der Waals surface area contributed by atoms with Crippen LogP contribution in [-0.2, 0) is 6.42 Å². The van der Waals surface area contributed by atoms with Gasteiger partial charge in [0.1, 0.15) is 5.82 Å². The van der Waals surface area contributed by atoms with Crippen LogP contribution < -0.4 is 0 Å². The summed E-state index contributed by atoms with van der Waals surface area (Å²) < 4.78 is 14.8. The van der Waals surface area contributed by atoms with Crippen LogP contribution in [0.15, 0.2) is 47.3 Å². The van der Waals surface area contributed by atoms with Gasteiger partial charge in [0, 0.05) is 22.4 Å². The average Bonchev–Trinajstić information content (AvgIpc) is 3.30. The molecule has 0 radical (unpaired) electrons. The van der Waals surface area contributed by atoms with Crippen LogP contribution in [0.3, 0.4) is 0 Å². The van der Waals surface area contributed by atoms with Crippen molar-refractivity contribution in [3.05, 3.63) is 74.1 Å². The second-order valence-electron chi connectivity index (χ2n) is 6.02. The highest BCUT2D eigenvalue weighted by atomic mass is 35.5. The van der Waals surface area contributed by atoms with Crippen LogP contribution in [-0.4, -0.2) is 21.8 Å². The Morgan fingerprint density at radius 1 is 1.14 bits per heavy atom. The van der Waals surface area contributed by atoms with Gasteiger partial charge in [-0.2, -0.15) is 0 Å². The standard InChI is InChI=1S/C20H11ClFNO3S2/c21-13-3-1-10(5-14(13)22)12-8-27-18(19(12)20(25)26)7-16(24)11-2-4-17-15(6-11)23-9-28-17/h1-6,8-9H,7H2,(H,25,26). The summed E-state index contributed by atoms with van der Waals surface area (Å²) in [6, 6.07) is 9.38. The fourth-order valence-corrected chi connectivity index (χ4v) is 4.74. The SMILES string of the molecule is O=C(Cc1scc(-c2ccc(Cl)c(F)c2)c1C(=O)O)c1ccc2scnc2c1. The van der Waals surface area contributed by atoms with Gasteiger partial charge in [0.05, 0.1) is 26.3 Å². The molecule has 0 saturated heterocycles. The number of carbonyl (C=O) groups is 2. The minimum absolute atomic E-state index is 0.00908.